The Labute approximate surface area is 106 Å². The van der Waals surface area contributed by atoms with Gasteiger partial charge in [-0.25, -0.2) is 0 Å². The van der Waals surface area contributed by atoms with Crippen molar-refractivity contribution in [2.45, 2.75) is 13.3 Å². The lowest BCUT2D eigenvalue weighted by Gasteiger charge is -2.04. The van der Waals surface area contributed by atoms with E-state index in [0.717, 1.165) is 5.75 Å². The molecule has 2 rings (SSSR count). The second-order valence-electron chi connectivity index (χ2n) is 3.77. The van der Waals surface area contributed by atoms with Gasteiger partial charge in [0.1, 0.15) is 5.75 Å². The van der Waals surface area contributed by atoms with E-state index in [0.29, 0.717) is 17.9 Å². The van der Waals surface area contributed by atoms with Crippen molar-refractivity contribution in [1.82, 2.24) is 10.2 Å². The SMILES string of the molecule is CCOc1ccc(C(=O)Cc2cccnn2)cc1. The number of carbonyl (C=O) groups is 1. The van der Waals surface area contributed by atoms with Crippen LogP contribution >= 0.6 is 0 Å². The van der Waals surface area contributed by atoms with Crippen molar-refractivity contribution in [3.8, 4) is 5.75 Å². The second kappa shape index (κ2) is 5.91. The number of hydrogen-bond acceptors (Lipinski definition) is 4. The van der Waals surface area contributed by atoms with Gasteiger partial charge in [-0.1, -0.05) is 0 Å². The van der Waals surface area contributed by atoms with E-state index in [1.165, 1.54) is 0 Å². The Kier molecular flexibility index (Phi) is 4.02. The first kappa shape index (κ1) is 12.2. The van der Waals surface area contributed by atoms with E-state index >= 15 is 0 Å². The van der Waals surface area contributed by atoms with Crippen molar-refractivity contribution in [2.75, 3.05) is 6.61 Å². The van der Waals surface area contributed by atoms with E-state index in [1.54, 1.807) is 42.6 Å². The van der Waals surface area contributed by atoms with Crippen LogP contribution in [0.15, 0.2) is 42.6 Å². The summed E-state index contributed by atoms with van der Waals surface area (Å²) < 4.78 is 5.33. The number of ether oxygens (including phenoxy) is 1. The Balaban J connectivity index is 2.05. The van der Waals surface area contributed by atoms with E-state index in [2.05, 4.69) is 10.2 Å². The highest BCUT2D eigenvalue weighted by Crippen LogP contribution is 2.13. The topological polar surface area (TPSA) is 52.1 Å². The van der Waals surface area contributed by atoms with Crippen molar-refractivity contribution in [3.05, 3.63) is 53.9 Å². The average Bonchev–Trinajstić information content (AvgIpc) is 2.41. The van der Waals surface area contributed by atoms with Crippen LogP contribution in [0.3, 0.4) is 0 Å². The first-order valence-electron chi connectivity index (χ1n) is 5.82. The van der Waals surface area contributed by atoms with Gasteiger partial charge in [0.05, 0.1) is 18.7 Å². The van der Waals surface area contributed by atoms with Gasteiger partial charge in [-0.2, -0.15) is 10.2 Å². The van der Waals surface area contributed by atoms with Crippen LogP contribution in [0.5, 0.6) is 5.75 Å². The predicted molar refractivity (Wildman–Crippen MR) is 67.7 cm³/mol. The van der Waals surface area contributed by atoms with Crippen LogP contribution in [0.1, 0.15) is 23.0 Å². The standard InChI is InChI=1S/C14H14N2O2/c1-2-18-13-7-5-11(6-8-13)14(17)10-12-4-3-9-15-16-12/h3-9H,2,10H2,1H3. The van der Waals surface area contributed by atoms with Crippen LogP contribution in [0.2, 0.25) is 0 Å². The quantitative estimate of drug-likeness (QED) is 0.755. The van der Waals surface area contributed by atoms with E-state index in [9.17, 15) is 4.79 Å². The summed E-state index contributed by atoms with van der Waals surface area (Å²) in [5.74, 6) is 0.798. The smallest absolute Gasteiger partial charge is 0.168 e. The maximum absolute atomic E-state index is 12.0. The van der Waals surface area contributed by atoms with Gasteiger partial charge in [0, 0.05) is 11.8 Å². The molecule has 92 valence electrons. The molecule has 0 saturated heterocycles. The summed E-state index contributed by atoms with van der Waals surface area (Å²) in [6.07, 6.45) is 1.85. The molecule has 18 heavy (non-hydrogen) atoms. The van der Waals surface area contributed by atoms with Crippen molar-refractivity contribution >= 4 is 5.78 Å². The van der Waals surface area contributed by atoms with Crippen molar-refractivity contribution in [2.24, 2.45) is 0 Å². The van der Waals surface area contributed by atoms with Crippen LogP contribution in [-0.2, 0) is 6.42 Å². The maximum atomic E-state index is 12.0. The molecular formula is C14H14N2O2. The number of carbonyl (C=O) groups excluding carboxylic acids is 1. The zero-order valence-electron chi connectivity index (χ0n) is 10.2. The Morgan fingerprint density at radius 1 is 1.22 bits per heavy atom. The van der Waals surface area contributed by atoms with Gasteiger partial charge in [0.2, 0.25) is 0 Å². The van der Waals surface area contributed by atoms with Crippen LogP contribution in [-0.4, -0.2) is 22.6 Å². The van der Waals surface area contributed by atoms with Gasteiger partial charge < -0.3 is 4.74 Å². The maximum Gasteiger partial charge on any atom is 0.168 e. The van der Waals surface area contributed by atoms with Gasteiger partial charge >= 0.3 is 0 Å². The van der Waals surface area contributed by atoms with Crippen LogP contribution in [0.4, 0.5) is 0 Å². The van der Waals surface area contributed by atoms with E-state index in [1.807, 2.05) is 6.92 Å². The summed E-state index contributed by atoms with van der Waals surface area (Å²) in [6, 6.07) is 10.7. The number of rotatable bonds is 5. The van der Waals surface area contributed by atoms with Gasteiger partial charge in [0.25, 0.3) is 0 Å². The molecule has 0 fully saturated rings. The van der Waals surface area contributed by atoms with Gasteiger partial charge in [-0.05, 0) is 43.3 Å². The molecule has 0 saturated carbocycles. The molecule has 1 aromatic heterocycles. The third-order valence-corrected chi connectivity index (χ3v) is 2.46. The minimum atomic E-state index is 0.0264. The minimum absolute atomic E-state index is 0.0264. The number of nitrogens with zero attached hydrogens (tertiary/aromatic N) is 2. The van der Waals surface area contributed by atoms with Crippen molar-refractivity contribution in [3.63, 3.8) is 0 Å². The van der Waals surface area contributed by atoms with Crippen LogP contribution in [0.25, 0.3) is 0 Å². The first-order valence-corrected chi connectivity index (χ1v) is 5.82. The molecule has 0 aliphatic heterocycles. The Morgan fingerprint density at radius 3 is 2.61 bits per heavy atom. The fourth-order valence-corrected chi connectivity index (χ4v) is 1.60. The lowest BCUT2D eigenvalue weighted by atomic mass is 10.1. The van der Waals surface area contributed by atoms with Crippen LogP contribution in [0, 0.1) is 0 Å². The molecule has 0 amide bonds. The third-order valence-electron chi connectivity index (χ3n) is 2.46. The third kappa shape index (κ3) is 3.13. The van der Waals surface area contributed by atoms with Gasteiger partial charge in [-0.3, -0.25) is 4.79 Å². The second-order valence-corrected chi connectivity index (χ2v) is 3.77. The van der Waals surface area contributed by atoms with E-state index < -0.39 is 0 Å². The fraction of sp³-hybridized carbons (Fsp3) is 0.214. The number of ketones is 1. The summed E-state index contributed by atoms with van der Waals surface area (Å²) >= 11 is 0. The molecule has 0 aliphatic rings. The highest BCUT2D eigenvalue weighted by molar-refractivity contribution is 5.97. The van der Waals surface area contributed by atoms with Gasteiger partial charge in [0.15, 0.2) is 5.78 Å². The average molecular weight is 242 g/mol. The Morgan fingerprint density at radius 2 is 2.00 bits per heavy atom. The highest BCUT2D eigenvalue weighted by atomic mass is 16.5. The molecule has 1 aromatic carbocycles. The lowest BCUT2D eigenvalue weighted by molar-refractivity contribution is 0.0991. The molecule has 1 heterocycles. The van der Waals surface area contributed by atoms with Crippen molar-refractivity contribution in [1.29, 1.82) is 0 Å². The van der Waals surface area contributed by atoms with Crippen molar-refractivity contribution < 1.29 is 9.53 Å². The Bertz CT molecular complexity index is 509. The lowest BCUT2D eigenvalue weighted by Crippen LogP contribution is -2.05. The Hall–Kier alpha value is -2.23. The number of benzene rings is 1. The summed E-state index contributed by atoms with van der Waals surface area (Å²) in [5.41, 5.74) is 1.33. The molecule has 0 unspecified atom stereocenters. The molecule has 0 aliphatic carbocycles. The summed E-state index contributed by atoms with van der Waals surface area (Å²) in [5, 5.41) is 7.64. The van der Waals surface area contributed by atoms with E-state index in [4.69, 9.17) is 4.74 Å². The number of Topliss-reactive ketones (excluding diaryl/α,β-unsaturated/α-hetero) is 1. The first-order chi connectivity index (χ1) is 8.79. The molecule has 0 spiro atoms. The normalized spacial score (nSPS) is 10.1. The molecule has 0 bridgehead atoms. The molecule has 4 nitrogen and oxygen atoms in total. The van der Waals surface area contributed by atoms with Crippen LogP contribution < -0.4 is 4.74 Å². The molecule has 4 heteroatoms. The molecule has 0 radical (unpaired) electrons. The summed E-state index contributed by atoms with van der Waals surface area (Å²) in [7, 11) is 0. The monoisotopic (exact) mass is 242 g/mol. The fourth-order valence-electron chi connectivity index (χ4n) is 1.60. The molecule has 2 aromatic rings. The summed E-state index contributed by atoms with van der Waals surface area (Å²) in [4.78, 5) is 12.0. The zero-order valence-corrected chi connectivity index (χ0v) is 10.2. The highest BCUT2D eigenvalue weighted by Gasteiger charge is 2.08. The molecule has 0 atom stereocenters. The number of aromatic nitrogens is 2. The van der Waals surface area contributed by atoms with E-state index in [-0.39, 0.29) is 12.2 Å². The number of hydrogen-bond donors (Lipinski definition) is 0. The largest absolute Gasteiger partial charge is 0.494 e. The molecule has 0 N–H and O–H groups in total. The van der Waals surface area contributed by atoms with Gasteiger partial charge in [-0.15, -0.1) is 0 Å². The molecular weight excluding hydrogens is 228 g/mol. The minimum Gasteiger partial charge on any atom is -0.494 e. The predicted octanol–water partition coefficient (Wildman–Crippen LogP) is 2.30. The zero-order chi connectivity index (χ0) is 12.8. The summed E-state index contributed by atoms with van der Waals surface area (Å²) in [6.45, 7) is 2.54.